The van der Waals surface area contributed by atoms with Gasteiger partial charge in [0.25, 0.3) is 0 Å². The number of hydrogen-bond donors (Lipinski definition) is 4. The second kappa shape index (κ2) is 14.6. The molecule has 5 amide bonds. The number of likely N-dealkylation sites (tertiary alicyclic amines) is 1. The number of carbonyl (C=O) groups is 5. The second-order valence-electron chi connectivity index (χ2n) is 10.3. The van der Waals surface area contributed by atoms with E-state index in [1.165, 1.54) is 17.0 Å². The molecule has 3 aromatic rings. The van der Waals surface area contributed by atoms with Gasteiger partial charge in [-0.05, 0) is 73.4 Å². The zero-order chi connectivity index (χ0) is 30.8. The summed E-state index contributed by atoms with van der Waals surface area (Å²) in [5.41, 5.74) is 3.51. The van der Waals surface area contributed by atoms with E-state index in [9.17, 15) is 29.1 Å². The van der Waals surface area contributed by atoms with Crippen LogP contribution in [0.15, 0.2) is 72.8 Å². The first-order chi connectivity index (χ1) is 20.7. The lowest BCUT2D eigenvalue weighted by Gasteiger charge is -2.25. The summed E-state index contributed by atoms with van der Waals surface area (Å²) in [6, 6.07) is 19.8. The average molecular weight is 586 g/mol. The van der Waals surface area contributed by atoms with Crippen molar-refractivity contribution in [3.8, 4) is 0 Å². The molecule has 0 saturated carbocycles. The van der Waals surface area contributed by atoms with Crippen molar-refractivity contribution in [2.24, 2.45) is 0 Å². The summed E-state index contributed by atoms with van der Waals surface area (Å²) >= 11 is 0. The van der Waals surface area contributed by atoms with Gasteiger partial charge < -0.3 is 30.9 Å². The summed E-state index contributed by atoms with van der Waals surface area (Å²) in [6.07, 6.45) is 1.93. The number of benzene rings is 3. The Morgan fingerprint density at radius 1 is 0.930 bits per heavy atom. The minimum absolute atomic E-state index is 0.0351. The highest BCUT2D eigenvalue weighted by Crippen LogP contribution is 2.18. The molecule has 0 spiro atoms. The number of anilines is 3. The molecule has 4 N–H and O–H groups in total. The van der Waals surface area contributed by atoms with E-state index in [-0.39, 0.29) is 42.3 Å². The highest BCUT2D eigenvalue weighted by Gasteiger charge is 2.22. The number of aromatic carboxylic acids is 1. The lowest BCUT2D eigenvalue weighted by molar-refractivity contribution is -0.127. The number of para-hydroxylation sites is 1. The smallest absolute Gasteiger partial charge is 0.335 e. The van der Waals surface area contributed by atoms with Gasteiger partial charge in [0.1, 0.15) is 0 Å². The molecular weight excluding hydrogens is 550 g/mol. The molecule has 4 rings (SSSR count). The average Bonchev–Trinajstić information content (AvgIpc) is 3.40. The number of aryl methyl sites for hydroxylation is 1. The van der Waals surface area contributed by atoms with Crippen molar-refractivity contribution in [1.29, 1.82) is 0 Å². The number of hydrogen-bond acceptors (Lipinski definition) is 5. The van der Waals surface area contributed by atoms with Gasteiger partial charge in [-0.3, -0.25) is 14.4 Å². The van der Waals surface area contributed by atoms with E-state index in [1.54, 1.807) is 41.3 Å². The van der Waals surface area contributed by atoms with Crippen molar-refractivity contribution in [2.45, 2.75) is 32.6 Å². The summed E-state index contributed by atoms with van der Waals surface area (Å²) in [4.78, 5) is 64.6. The summed E-state index contributed by atoms with van der Waals surface area (Å²) < 4.78 is 0. The third-order valence-corrected chi connectivity index (χ3v) is 7.11. The van der Waals surface area contributed by atoms with Crippen molar-refractivity contribution in [3.05, 3.63) is 89.5 Å². The van der Waals surface area contributed by atoms with Crippen LogP contribution in [0.1, 0.15) is 40.7 Å². The van der Waals surface area contributed by atoms with Crippen LogP contribution in [0.2, 0.25) is 0 Å². The van der Waals surface area contributed by atoms with Crippen molar-refractivity contribution >= 4 is 46.8 Å². The zero-order valence-corrected chi connectivity index (χ0v) is 24.0. The van der Waals surface area contributed by atoms with Crippen molar-refractivity contribution in [3.63, 3.8) is 0 Å². The Balaban J connectivity index is 1.29. The Bertz CT molecular complexity index is 1470. The number of carboxylic acid groups (broad SMARTS) is 1. The minimum Gasteiger partial charge on any atom is -0.478 e. The fraction of sp³-hybridized carbons (Fsp3) is 0.281. The fourth-order valence-electron chi connectivity index (χ4n) is 4.76. The summed E-state index contributed by atoms with van der Waals surface area (Å²) in [7, 11) is 0. The monoisotopic (exact) mass is 585 g/mol. The molecule has 43 heavy (non-hydrogen) atoms. The van der Waals surface area contributed by atoms with E-state index in [4.69, 9.17) is 0 Å². The number of amides is 5. The third-order valence-electron chi connectivity index (χ3n) is 7.11. The van der Waals surface area contributed by atoms with Crippen LogP contribution in [0, 0.1) is 6.92 Å². The largest absolute Gasteiger partial charge is 0.478 e. The van der Waals surface area contributed by atoms with Gasteiger partial charge in [-0.15, -0.1) is 0 Å². The summed E-state index contributed by atoms with van der Waals surface area (Å²) in [6.45, 7) is 3.17. The Kier molecular flexibility index (Phi) is 10.5. The zero-order valence-electron chi connectivity index (χ0n) is 24.0. The first kappa shape index (κ1) is 30.8. The van der Waals surface area contributed by atoms with Crippen molar-refractivity contribution in [2.75, 3.05) is 41.7 Å². The van der Waals surface area contributed by atoms with Gasteiger partial charge in [0.15, 0.2) is 0 Å². The van der Waals surface area contributed by atoms with Crippen LogP contribution >= 0.6 is 0 Å². The molecule has 1 saturated heterocycles. The normalized spacial score (nSPS) is 12.5. The summed E-state index contributed by atoms with van der Waals surface area (Å²) in [5.74, 6) is -1.68. The summed E-state index contributed by atoms with van der Waals surface area (Å²) in [5, 5.41) is 17.4. The maximum atomic E-state index is 13.2. The molecule has 0 aromatic heterocycles. The quantitative estimate of drug-likeness (QED) is 0.252. The molecule has 1 aliphatic heterocycles. The van der Waals surface area contributed by atoms with Gasteiger partial charge >= 0.3 is 12.0 Å². The van der Waals surface area contributed by atoms with Gasteiger partial charge in [-0.1, -0.05) is 30.3 Å². The van der Waals surface area contributed by atoms with Crippen molar-refractivity contribution in [1.82, 2.24) is 10.2 Å². The fourth-order valence-corrected chi connectivity index (χ4v) is 4.76. The highest BCUT2D eigenvalue weighted by atomic mass is 16.4. The molecule has 224 valence electrons. The van der Waals surface area contributed by atoms with Crippen molar-refractivity contribution < 1.29 is 29.1 Å². The van der Waals surface area contributed by atoms with Crippen LogP contribution in [0.5, 0.6) is 0 Å². The molecule has 11 heteroatoms. The van der Waals surface area contributed by atoms with Gasteiger partial charge in [-0.25, -0.2) is 9.59 Å². The number of nitrogens with one attached hydrogen (secondary N) is 3. The van der Waals surface area contributed by atoms with Crippen LogP contribution in [-0.4, -0.2) is 65.9 Å². The number of carboxylic acids is 1. The Labute approximate surface area is 249 Å². The molecule has 1 aliphatic rings. The maximum Gasteiger partial charge on any atom is 0.335 e. The molecule has 0 aliphatic carbocycles. The Hall–Kier alpha value is -5.19. The van der Waals surface area contributed by atoms with Crippen LogP contribution in [0.3, 0.4) is 0 Å². The highest BCUT2D eigenvalue weighted by molar-refractivity contribution is 6.00. The van der Waals surface area contributed by atoms with Crippen LogP contribution in [-0.2, 0) is 20.8 Å². The topological polar surface area (TPSA) is 148 Å². The molecule has 11 nitrogen and oxygen atoms in total. The molecule has 1 fully saturated rings. The first-order valence-corrected chi connectivity index (χ1v) is 14.1. The van der Waals surface area contributed by atoms with E-state index in [0.29, 0.717) is 55.1 Å². The third kappa shape index (κ3) is 8.90. The van der Waals surface area contributed by atoms with Gasteiger partial charge in [0, 0.05) is 43.1 Å². The molecule has 0 radical (unpaired) electrons. The number of rotatable bonds is 12. The molecule has 0 atom stereocenters. The SMILES string of the molecule is Cc1ccccc1NC(=O)Nc1ccc(CC(=O)NCC(=O)N(CCCN2CCCC2=O)c2ccc(C(=O)O)cc2)cc1. The second-order valence-corrected chi connectivity index (χ2v) is 10.3. The number of carbonyl (C=O) groups excluding carboxylic acids is 4. The number of nitrogens with zero attached hydrogens (tertiary/aromatic N) is 2. The molecule has 0 unspecified atom stereocenters. The molecular formula is C32H35N5O6. The van der Waals surface area contributed by atoms with Gasteiger partial charge in [-0.2, -0.15) is 0 Å². The van der Waals surface area contributed by atoms with Crippen LogP contribution < -0.4 is 20.9 Å². The lowest BCUT2D eigenvalue weighted by Crippen LogP contribution is -2.42. The molecule has 1 heterocycles. The lowest BCUT2D eigenvalue weighted by atomic mass is 10.1. The van der Waals surface area contributed by atoms with Gasteiger partial charge in [0.2, 0.25) is 17.7 Å². The minimum atomic E-state index is -1.07. The Morgan fingerprint density at radius 3 is 2.30 bits per heavy atom. The van der Waals surface area contributed by atoms with E-state index >= 15 is 0 Å². The molecule has 0 bridgehead atoms. The van der Waals surface area contributed by atoms with E-state index in [1.807, 2.05) is 31.2 Å². The van der Waals surface area contributed by atoms with E-state index in [2.05, 4.69) is 16.0 Å². The standard InChI is InChI=1S/C32H35N5O6/c1-22-6-2-3-7-27(22)35-32(43)34-25-13-9-23(10-14-25)20-28(38)33-21-30(40)37(19-5-18-36-17-4-8-29(36)39)26-15-11-24(12-16-26)31(41)42/h2-3,6-7,9-16H,4-5,8,17-21H2,1H3,(H,33,38)(H,41,42)(H2,34,35,43). The van der Waals surface area contributed by atoms with E-state index in [0.717, 1.165) is 12.0 Å². The van der Waals surface area contributed by atoms with Gasteiger partial charge in [0.05, 0.1) is 18.5 Å². The van der Waals surface area contributed by atoms with Crippen LogP contribution in [0.4, 0.5) is 21.9 Å². The molecule has 3 aromatic carbocycles. The van der Waals surface area contributed by atoms with E-state index < -0.39 is 5.97 Å². The first-order valence-electron chi connectivity index (χ1n) is 14.1. The number of urea groups is 1. The predicted octanol–water partition coefficient (Wildman–Crippen LogP) is 4.04. The maximum absolute atomic E-state index is 13.2. The predicted molar refractivity (Wildman–Crippen MR) is 163 cm³/mol. The Morgan fingerprint density at radius 2 is 1.65 bits per heavy atom. The van der Waals surface area contributed by atoms with Crippen LogP contribution in [0.25, 0.3) is 0 Å².